The van der Waals surface area contributed by atoms with Crippen LogP contribution in [0.5, 0.6) is 0 Å². The number of aromatic nitrogens is 2. The minimum absolute atomic E-state index is 0. The van der Waals surface area contributed by atoms with Gasteiger partial charge in [-0.3, -0.25) is 19.6 Å². The molecule has 9 nitrogen and oxygen atoms in total. The number of Topliss-reactive ketones (excluding diaryl/α,β-unsaturated/α-hetero) is 2. The van der Waals surface area contributed by atoms with E-state index in [4.69, 9.17) is 4.74 Å². The average molecular weight is 893 g/mol. The normalized spacial score (nSPS) is 12.0. The number of carbonyl (C=O) groups is 4. The van der Waals surface area contributed by atoms with Crippen molar-refractivity contribution in [2.24, 2.45) is 0 Å². The Kier molecular flexibility index (Phi) is 18.0. The topological polar surface area (TPSA) is 154 Å². The summed E-state index contributed by atoms with van der Waals surface area (Å²) in [6, 6.07) is 32.1. The Morgan fingerprint density at radius 2 is 0.969 bits per heavy atom. The number of carboxylic acids is 1. The van der Waals surface area contributed by atoms with Crippen LogP contribution in [0.4, 0.5) is 0 Å². The van der Waals surface area contributed by atoms with Crippen molar-refractivity contribution in [1.82, 2.24) is 9.97 Å². The van der Waals surface area contributed by atoms with Crippen molar-refractivity contribution in [3.05, 3.63) is 210 Å². The van der Waals surface area contributed by atoms with Gasteiger partial charge in [0.2, 0.25) is 0 Å². The van der Waals surface area contributed by atoms with Gasteiger partial charge in [0.05, 0.1) is 18.5 Å². The molecule has 2 aromatic heterocycles. The van der Waals surface area contributed by atoms with Crippen LogP contribution in [-0.4, -0.2) is 51.2 Å². The van der Waals surface area contributed by atoms with E-state index >= 15 is 0 Å². The fraction of sp³-hybridized carbons (Fsp3) is 0.236. The SMILES string of the molecule is COC(=O)C1=Cc2cc(CCc3cc(CC(=O)c4ccc(C)cc4)ccc3C)cnc2C1.Cc1ccc(C(=O)Cc2ccc(C)c(CCc3cnc4c(c3)C=C(C(=O)O)C4)c2)cc1.[K+].[OH-]. The summed E-state index contributed by atoms with van der Waals surface area (Å²) in [4.78, 5) is 57.3. The number of aliphatic carboxylic acids is 1. The number of esters is 1. The molecule has 2 aliphatic rings. The van der Waals surface area contributed by atoms with Crippen molar-refractivity contribution in [2.75, 3.05) is 7.11 Å². The first-order valence-electron chi connectivity index (χ1n) is 21.4. The van der Waals surface area contributed by atoms with Gasteiger partial charge in [0.25, 0.3) is 0 Å². The number of aryl methyl sites for hydroxylation is 8. The third-order valence-corrected chi connectivity index (χ3v) is 11.9. The van der Waals surface area contributed by atoms with Crippen molar-refractivity contribution < 1.29 is 85.9 Å². The van der Waals surface area contributed by atoms with Gasteiger partial charge in [0.1, 0.15) is 0 Å². The van der Waals surface area contributed by atoms with Gasteiger partial charge in [0.15, 0.2) is 11.6 Å². The number of hydrogen-bond donors (Lipinski definition) is 1. The van der Waals surface area contributed by atoms with Gasteiger partial charge in [-0.1, -0.05) is 96.1 Å². The summed E-state index contributed by atoms with van der Waals surface area (Å²) in [5, 5.41) is 9.19. The monoisotopic (exact) mass is 892 g/mol. The summed E-state index contributed by atoms with van der Waals surface area (Å²) in [5.74, 6) is -0.918. The summed E-state index contributed by atoms with van der Waals surface area (Å²) >= 11 is 0. The fourth-order valence-corrected chi connectivity index (χ4v) is 7.99. The van der Waals surface area contributed by atoms with E-state index in [1.54, 1.807) is 6.08 Å². The van der Waals surface area contributed by atoms with E-state index in [1.165, 1.54) is 29.4 Å². The summed E-state index contributed by atoms with van der Waals surface area (Å²) in [5.41, 5.74) is 17.6. The molecule has 4 aromatic carbocycles. The molecule has 2 N–H and O–H groups in total. The zero-order valence-electron chi connectivity index (χ0n) is 38.0. The van der Waals surface area contributed by atoms with Crippen LogP contribution < -0.4 is 51.4 Å². The van der Waals surface area contributed by atoms with Crippen LogP contribution in [0.2, 0.25) is 0 Å². The molecule has 0 saturated heterocycles. The number of hydrogen-bond acceptors (Lipinski definition) is 8. The molecule has 8 rings (SSSR count). The van der Waals surface area contributed by atoms with E-state index in [9.17, 15) is 24.3 Å². The Labute approximate surface area is 423 Å². The predicted octanol–water partition coefficient (Wildman–Crippen LogP) is 6.78. The average Bonchev–Trinajstić information content (AvgIpc) is 3.92. The summed E-state index contributed by atoms with van der Waals surface area (Å²) in [7, 11) is 1.40. The van der Waals surface area contributed by atoms with Crippen molar-refractivity contribution in [1.29, 1.82) is 0 Å². The minimum atomic E-state index is -0.882. The fourth-order valence-electron chi connectivity index (χ4n) is 7.99. The third-order valence-electron chi connectivity index (χ3n) is 11.9. The van der Waals surface area contributed by atoms with Crippen LogP contribution >= 0.6 is 0 Å². The zero-order valence-corrected chi connectivity index (χ0v) is 41.2. The molecule has 0 saturated carbocycles. The van der Waals surface area contributed by atoms with Crippen molar-refractivity contribution in [3.63, 3.8) is 0 Å². The second-order valence-corrected chi connectivity index (χ2v) is 16.7. The number of carbonyl (C=O) groups excluding carboxylic acids is 3. The largest absolute Gasteiger partial charge is 1.00 e. The molecule has 0 fully saturated rings. The molecule has 0 aliphatic heterocycles. The number of carboxylic acid groups (broad SMARTS) is 1. The Morgan fingerprint density at radius 3 is 1.38 bits per heavy atom. The molecule has 0 unspecified atom stereocenters. The van der Waals surface area contributed by atoms with Gasteiger partial charge >= 0.3 is 63.3 Å². The Morgan fingerprint density at radius 1 is 0.554 bits per heavy atom. The molecule has 0 atom stereocenters. The molecule has 2 aliphatic carbocycles. The van der Waals surface area contributed by atoms with E-state index in [2.05, 4.69) is 54.1 Å². The molecule has 65 heavy (non-hydrogen) atoms. The van der Waals surface area contributed by atoms with Crippen molar-refractivity contribution in [3.8, 4) is 0 Å². The molecule has 2 heterocycles. The van der Waals surface area contributed by atoms with E-state index in [-0.39, 0.29) is 74.4 Å². The van der Waals surface area contributed by atoms with Crippen LogP contribution in [0, 0.1) is 27.7 Å². The maximum absolute atomic E-state index is 12.7. The van der Waals surface area contributed by atoms with Gasteiger partial charge in [-0.2, -0.15) is 0 Å². The molecule has 0 radical (unpaired) electrons. The Bertz CT molecular complexity index is 2790. The summed E-state index contributed by atoms with van der Waals surface area (Å²) in [6.45, 7) is 8.22. The Hall–Kier alpha value is -5.46. The van der Waals surface area contributed by atoms with Gasteiger partial charge in [0, 0.05) is 60.4 Å². The number of rotatable bonds is 14. The number of methoxy groups -OCH3 is 1. The summed E-state index contributed by atoms with van der Waals surface area (Å²) in [6.07, 6.45) is 12.4. The number of nitrogens with zero attached hydrogens (tertiary/aromatic N) is 2. The van der Waals surface area contributed by atoms with Crippen LogP contribution in [0.25, 0.3) is 12.2 Å². The molecule has 0 spiro atoms. The molecule has 326 valence electrons. The maximum Gasteiger partial charge on any atom is 1.00 e. The van der Waals surface area contributed by atoms with Crippen molar-refractivity contribution >= 4 is 35.7 Å². The number of benzene rings is 4. The van der Waals surface area contributed by atoms with E-state index in [1.807, 2.05) is 99.0 Å². The van der Waals surface area contributed by atoms with Gasteiger partial charge < -0.3 is 15.3 Å². The van der Waals surface area contributed by atoms with Crippen LogP contribution in [0.15, 0.2) is 121 Å². The molecule has 0 bridgehead atoms. The number of fused-ring (bicyclic) bond motifs is 2. The van der Waals surface area contributed by atoms with E-state index in [0.29, 0.717) is 36.8 Å². The van der Waals surface area contributed by atoms with E-state index < -0.39 is 5.97 Å². The van der Waals surface area contributed by atoms with Gasteiger partial charge in [-0.15, -0.1) is 0 Å². The molecular formula is C55H53KN2O7. The quantitative estimate of drug-likeness (QED) is 0.0709. The first-order chi connectivity index (χ1) is 30.3. The smallest absolute Gasteiger partial charge is 0.870 e. The Balaban J connectivity index is 0.000000237. The second-order valence-electron chi connectivity index (χ2n) is 16.7. The molecule has 6 aromatic rings. The first kappa shape index (κ1) is 50.5. The summed E-state index contributed by atoms with van der Waals surface area (Å²) < 4.78 is 4.83. The third kappa shape index (κ3) is 13.3. The maximum atomic E-state index is 12.7. The number of ketones is 2. The predicted molar refractivity (Wildman–Crippen MR) is 249 cm³/mol. The number of ether oxygens (including phenoxy) is 1. The van der Waals surface area contributed by atoms with Crippen molar-refractivity contribution in [2.45, 2.75) is 79.1 Å². The van der Waals surface area contributed by atoms with Crippen LogP contribution in [-0.2, 0) is 65.7 Å². The molecule has 10 heteroatoms. The standard InChI is InChI=1S/C28H27NO3.C27H25NO3.K.H2O/c1-18-4-9-22(10-5-18)27(30)14-20-7-6-19(2)23(12-20)11-8-21-13-24-15-25(28(31)32-3)16-26(24)29-17-21;1-17-3-8-21(9-4-17)26(29)13-19-6-5-18(2)22(11-19)10-7-20-12-23-14-24(27(30)31)15-25(23)28-16-20;;/h4-7,9-10,12-13,15,17H,8,11,14,16H2,1-3H3;3-6,8-9,11-12,14,16H,7,10,13,15H2,1-2H3,(H,30,31);;1H2/q;;+1;/p-1. The van der Waals surface area contributed by atoms with Gasteiger partial charge in [-0.05, 0) is 133 Å². The molecular weight excluding hydrogens is 840 g/mol. The van der Waals surface area contributed by atoms with E-state index in [0.717, 1.165) is 92.7 Å². The minimum Gasteiger partial charge on any atom is -0.870 e. The zero-order chi connectivity index (χ0) is 44.6. The number of pyridine rings is 2. The first-order valence-corrected chi connectivity index (χ1v) is 21.4. The molecule has 0 amide bonds. The van der Waals surface area contributed by atoms with Gasteiger partial charge in [-0.25, -0.2) is 9.59 Å². The van der Waals surface area contributed by atoms with Crippen LogP contribution in [0.3, 0.4) is 0 Å². The second kappa shape index (κ2) is 23.1. The van der Waals surface area contributed by atoms with Crippen LogP contribution in [0.1, 0.15) is 98.9 Å².